The molecule has 0 saturated carbocycles. The lowest BCUT2D eigenvalue weighted by Crippen LogP contribution is -2.17. The van der Waals surface area contributed by atoms with Crippen molar-refractivity contribution in [3.05, 3.63) is 58.1 Å². The molecule has 23 heavy (non-hydrogen) atoms. The first-order valence-electron chi connectivity index (χ1n) is 6.85. The number of pyridine rings is 1. The van der Waals surface area contributed by atoms with Gasteiger partial charge in [-0.3, -0.25) is 14.9 Å². The number of thioether (sulfide) groups is 1. The zero-order valence-corrected chi connectivity index (χ0v) is 13.2. The fraction of sp³-hybridized carbons (Fsp3) is 0. The van der Waals surface area contributed by atoms with Crippen LogP contribution in [0.2, 0.25) is 5.15 Å². The maximum atomic E-state index is 11.7. The minimum atomic E-state index is -0.408. The molecule has 1 N–H and O–H groups in total. The molecular formula is C17H9ClN2O2S. The Bertz CT molecular complexity index is 1030. The summed E-state index contributed by atoms with van der Waals surface area (Å²) in [5.41, 5.74) is 1.43. The first-order valence-corrected chi connectivity index (χ1v) is 8.04. The molecule has 1 aliphatic rings. The van der Waals surface area contributed by atoms with Gasteiger partial charge in [0.15, 0.2) is 0 Å². The number of hydrogen-bond acceptors (Lipinski definition) is 4. The van der Waals surface area contributed by atoms with E-state index in [2.05, 4.69) is 10.3 Å². The number of halogens is 1. The fourth-order valence-electron chi connectivity index (χ4n) is 2.57. The summed E-state index contributed by atoms with van der Waals surface area (Å²) in [6.45, 7) is 0. The third kappa shape index (κ3) is 2.48. The average molecular weight is 341 g/mol. The minimum absolute atomic E-state index is 0.300. The molecule has 112 valence electrons. The fourth-order valence-corrected chi connectivity index (χ4v) is 3.43. The molecule has 0 radical (unpaired) electrons. The van der Waals surface area contributed by atoms with E-state index in [0.717, 1.165) is 33.4 Å². The maximum absolute atomic E-state index is 11.7. The summed E-state index contributed by atoms with van der Waals surface area (Å²) >= 11 is 7.14. The van der Waals surface area contributed by atoms with Crippen molar-refractivity contribution in [3.63, 3.8) is 0 Å². The summed E-state index contributed by atoms with van der Waals surface area (Å²) in [4.78, 5) is 27.7. The Kier molecular flexibility index (Phi) is 3.32. The Morgan fingerprint density at radius 2 is 1.87 bits per heavy atom. The molecule has 3 aromatic rings. The molecule has 4 nitrogen and oxygen atoms in total. The second-order valence-corrected chi connectivity index (χ2v) is 6.45. The van der Waals surface area contributed by atoms with Crippen LogP contribution in [0.3, 0.4) is 0 Å². The summed E-state index contributed by atoms with van der Waals surface area (Å²) < 4.78 is 0. The van der Waals surface area contributed by atoms with Crippen molar-refractivity contribution in [1.82, 2.24) is 10.3 Å². The van der Waals surface area contributed by atoms with E-state index in [0.29, 0.717) is 15.6 Å². The number of carbonyl (C=O) groups excluding carboxylic acids is 2. The van der Waals surface area contributed by atoms with Gasteiger partial charge in [0.2, 0.25) is 0 Å². The number of hydrogen-bond donors (Lipinski definition) is 1. The molecule has 1 saturated heterocycles. The molecule has 1 aliphatic heterocycles. The van der Waals surface area contributed by atoms with Crippen LogP contribution in [0.25, 0.3) is 27.8 Å². The lowest BCUT2D eigenvalue weighted by molar-refractivity contribution is -0.115. The topological polar surface area (TPSA) is 59.1 Å². The highest BCUT2D eigenvalue weighted by molar-refractivity contribution is 8.18. The molecule has 0 aliphatic carbocycles. The van der Waals surface area contributed by atoms with Gasteiger partial charge in [0.25, 0.3) is 11.1 Å². The van der Waals surface area contributed by atoms with Gasteiger partial charge in [0, 0.05) is 16.3 Å². The van der Waals surface area contributed by atoms with Crippen LogP contribution in [-0.2, 0) is 4.79 Å². The van der Waals surface area contributed by atoms with E-state index in [-0.39, 0.29) is 5.24 Å². The maximum Gasteiger partial charge on any atom is 0.290 e. The van der Waals surface area contributed by atoms with Crippen molar-refractivity contribution in [1.29, 1.82) is 0 Å². The minimum Gasteiger partial charge on any atom is -0.282 e. The van der Waals surface area contributed by atoms with Crippen molar-refractivity contribution in [2.75, 3.05) is 0 Å². The number of fused-ring (bicyclic) bond motifs is 3. The van der Waals surface area contributed by atoms with Crippen LogP contribution in [0.15, 0.2) is 47.4 Å². The van der Waals surface area contributed by atoms with E-state index in [1.807, 2.05) is 42.5 Å². The molecule has 1 fully saturated rings. The number of aromatic nitrogens is 1. The van der Waals surface area contributed by atoms with Gasteiger partial charge in [-0.15, -0.1) is 0 Å². The molecule has 0 bridgehead atoms. The van der Waals surface area contributed by atoms with Crippen molar-refractivity contribution in [2.45, 2.75) is 0 Å². The smallest absolute Gasteiger partial charge is 0.282 e. The van der Waals surface area contributed by atoms with Gasteiger partial charge in [-0.2, -0.15) is 0 Å². The van der Waals surface area contributed by atoms with E-state index >= 15 is 0 Å². The third-order valence-electron chi connectivity index (χ3n) is 3.62. The molecule has 2 amide bonds. The molecule has 6 heteroatoms. The normalized spacial score (nSPS) is 16.5. The van der Waals surface area contributed by atoms with Gasteiger partial charge in [-0.05, 0) is 29.3 Å². The van der Waals surface area contributed by atoms with Crippen molar-refractivity contribution in [3.8, 4) is 0 Å². The van der Waals surface area contributed by atoms with Crippen LogP contribution < -0.4 is 5.32 Å². The van der Waals surface area contributed by atoms with Crippen LogP contribution in [0.5, 0.6) is 0 Å². The third-order valence-corrected chi connectivity index (χ3v) is 4.73. The molecule has 0 spiro atoms. The number of nitrogens with zero attached hydrogens (tertiary/aromatic N) is 1. The largest absolute Gasteiger partial charge is 0.290 e. The summed E-state index contributed by atoms with van der Waals surface area (Å²) in [6.07, 6.45) is 1.59. The molecule has 2 heterocycles. The predicted molar refractivity (Wildman–Crippen MR) is 93.4 cm³/mol. The van der Waals surface area contributed by atoms with Gasteiger partial charge < -0.3 is 0 Å². The van der Waals surface area contributed by atoms with E-state index in [9.17, 15) is 9.59 Å². The molecule has 1 aromatic heterocycles. The van der Waals surface area contributed by atoms with Gasteiger partial charge in [0.05, 0.1) is 10.4 Å². The van der Waals surface area contributed by atoms with E-state index in [1.165, 1.54) is 0 Å². The van der Waals surface area contributed by atoms with Gasteiger partial charge >= 0.3 is 0 Å². The second kappa shape index (κ2) is 5.37. The highest BCUT2D eigenvalue weighted by Crippen LogP contribution is 2.31. The van der Waals surface area contributed by atoms with Crippen LogP contribution in [0.1, 0.15) is 5.56 Å². The van der Waals surface area contributed by atoms with Crippen molar-refractivity contribution < 1.29 is 9.59 Å². The van der Waals surface area contributed by atoms with Crippen molar-refractivity contribution >= 4 is 62.3 Å². The lowest BCUT2D eigenvalue weighted by atomic mass is 10.0. The van der Waals surface area contributed by atoms with Gasteiger partial charge in [0.1, 0.15) is 5.15 Å². The van der Waals surface area contributed by atoms with Crippen LogP contribution in [-0.4, -0.2) is 16.1 Å². The molecule has 4 rings (SSSR count). The Hall–Kier alpha value is -2.37. The first-order chi connectivity index (χ1) is 11.1. The molecule has 0 atom stereocenters. The Morgan fingerprint density at radius 1 is 1.09 bits per heavy atom. The first kappa shape index (κ1) is 14.2. The zero-order chi connectivity index (χ0) is 16.0. The molecular weight excluding hydrogens is 332 g/mol. The number of rotatable bonds is 1. The summed E-state index contributed by atoms with van der Waals surface area (Å²) in [6, 6.07) is 13.8. The van der Waals surface area contributed by atoms with E-state index in [4.69, 9.17) is 11.6 Å². The average Bonchev–Trinajstić information content (AvgIpc) is 2.86. The number of imide groups is 1. The number of benzene rings is 2. The van der Waals surface area contributed by atoms with Crippen LogP contribution in [0, 0.1) is 0 Å². The summed E-state index contributed by atoms with van der Waals surface area (Å²) in [5, 5.41) is 5.18. The van der Waals surface area contributed by atoms with E-state index < -0.39 is 5.91 Å². The second-order valence-electron chi connectivity index (χ2n) is 5.08. The quantitative estimate of drug-likeness (QED) is 0.406. The van der Waals surface area contributed by atoms with Crippen molar-refractivity contribution in [2.24, 2.45) is 0 Å². The van der Waals surface area contributed by atoms with E-state index in [1.54, 1.807) is 6.08 Å². The lowest BCUT2D eigenvalue weighted by Gasteiger charge is -2.06. The summed E-state index contributed by atoms with van der Waals surface area (Å²) in [5.74, 6) is -0.408. The SMILES string of the molecule is O=C1NC(=O)/C(=C/c2cc3ccc4ccccc4c3nc2Cl)S1. The van der Waals surface area contributed by atoms with Gasteiger partial charge in [-0.1, -0.05) is 48.0 Å². The van der Waals surface area contributed by atoms with Gasteiger partial charge in [-0.25, -0.2) is 4.98 Å². The molecule has 2 aromatic carbocycles. The van der Waals surface area contributed by atoms with Crippen LogP contribution >= 0.6 is 23.4 Å². The number of carbonyl (C=O) groups is 2. The standard InChI is InChI=1S/C17H9ClN2O2S/c18-15-11(8-13-16(21)20-17(22)23-13)7-10-6-5-9-3-1-2-4-12(9)14(10)19-15/h1-8H,(H,20,21,22)/b13-8-. The molecule has 0 unspecified atom stereocenters. The Labute approximate surface area is 140 Å². The Balaban J connectivity index is 1.91. The number of amides is 2. The predicted octanol–water partition coefficient (Wildman–Crippen LogP) is 4.37. The highest BCUT2D eigenvalue weighted by Gasteiger charge is 2.25. The summed E-state index contributed by atoms with van der Waals surface area (Å²) in [7, 11) is 0. The Morgan fingerprint density at radius 3 is 2.65 bits per heavy atom. The van der Waals surface area contributed by atoms with Crippen LogP contribution in [0.4, 0.5) is 4.79 Å². The highest BCUT2D eigenvalue weighted by atomic mass is 35.5. The zero-order valence-electron chi connectivity index (χ0n) is 11.7. The monoisotopic (exact) mass is 340 g/mol. The number of nitrogens with one attached hydrogen (secondary N) is 1.